The number of hydrogen-bond acceptors (Lipinski definition) is 1. The van der Waals surface area contributed by atoms with E-state index in [-0.39, 0.29) is 0 Å². The van der Waals surface area contributed by atoms with Gasteiger partial charge in [-0.1, -0.05) is 36.4 Å². The molecule has 1 aromatic carbocycles. The lowest BCUT2D eigenvalue weighted by Gasteiger charge is -2.08. The van der Waals surface area contributed by atoms with Gasteiger partial charge in [0.05, 0.1) is 0 Å². The Balaban J connectivity index is 2.58. The maximum atomic E-state index is 5.91. The SMILES string of the molecule is Nc1[nH]c2ccccc2c2cccc1-2. The molecular weight excluding hydrogens is 172 g/mol. The van der Waals surface area contributed by atoms with E-state index in [0.29, 0.717) is 0 Å². The molecule has 68 valence electrons. The number of hydrogen-bond donors (Lipinski definition) is 2. The minimum atomic E-state index is 0.740. The standard InChI is InChI=1S/C12H10N2/c13-12-10-6-3-5-8(10)9-4-1-2-7-11(9)14-12/h1-7,14H,13H2. The van der Waals surface area contributed by atoms with Crippen LogP contribution in [0.15, 0.2) is 42.5 Å². The number of nitrogens with two attached hydrogens (primary N) is 1. The van der Waals surface area contributed by atoms with Crippen molar-refractivity contribution in [1.29, 1.82) is 0 Å². The number of pyridine rings is 1. The summed E-state index contributed by atoms with van der Waals surface area (Å²) in [6.45, 7) is 0. The van der Waals surface area contributed by atoms with Crippen LogP contribution in [0.5, 0.6) is 0 Å². The zero-order valence-corrected chi connectivity index (χ0v) is 7.62. The molecule has 2 aliphatic rings. The average Bonchev–Trinajstić information content (AvgIpc) is 2.67. The molecule has 3 rings (SSSR count). The normalized spacial score (nSPS) is 11.1. The number of anilines is 1. The molecular formula is C12H10N2. The quantitative estimate of drug-likeness (QED) is 0.551. The van der Waals surface area contributed by atoms with Gasteiger partial charge in [-0.2, -0.15) is 0 Å². The summed E-state index contributed by atoms with van der Waals surface area (Å²) in [5, 5.41) is 1.22. The highest BCUT2D eigenvalue weighted by Gasteiger charge is 2.09. The molecule has 0 bridgehead atoms. The van der Waals surface area contributed by atoms with Crippen LogP contribution in [0.1, 0.15) is 0 Å². The topological polar surface area (TPSA) is 41.8 Å². The molecule has 1 aromatic rings. The van der Waals surface area contributed by atoms with Crippen LogP contribution in [0.3, 0.4) is 0 Å². The Kier molecular flexibility index (Phi) is 1.34. The molecule has 0 saturated carbocycles. The third kappa shape index (κ3) is 0.852. The van der Waals surface area contributed by atoms with Crippen molar-refractivity contribution in [2.24, 2.45) is 0 Å². The van der Waals surface area contributed by atoms with Crippen molar-refractivity contribution in [2.45, 2.75) is 0 Å². The molecule has 0 atom stereocenters. The molecule has 0 unspecified atom stereocenters. The molecule has 2 heteroatoms. The first-order chi connectivity index (χ1) is 6.86. The van der Waals surface area contributed by atoms with Gasteiger partial charge >= 0.3 is 0 Å². The molecule has 0 amide bonds. The van der Waals surface area contributed by atoms with Crippen LogP contribution in [0, 0.1) is 0 Å². The number of rotatable bonds is 0. The molecule has 0 aromatic heterocycles. The van der Waals surface area contributed by atoms with E-state index in [9.17, 15) is 0 Å². The fraction of sp³-hybridized carbons (Fsp3) is 0. The first kappa shape index (κ1) is 7.44. The van der Waals surface area contributed by atoms with Gasteiger partial charge in [0.15, 0.2) is 0 Å². The zero-order chi connectivity index (χ0) is 9.54. The number of nitrogens with one attached hydrogen (secondary N) is 1. The highest BCUT2D eigenvalue weighted by molar-refractivity contribution is 5.99. The number of fused-ring (bicyclic) bond motifs is 3. The smallest absolute Gasteiger partial charge is 0.109 e. The van der Waals surface area contributed by atoms with Crippen LogP contribution in [0.4, 0.5) is 5.82 Å². The van der Waals surface area contributed by atoms with E-state index in [1.54, 1.807) is 0 Å². The fourth-order valence-electron chi connectivity index (χ4n) is 1.93. The highest BCUT2D eigenvalue weighted by Crippen LogP contribution is 2.34. The summed E-state index contributed by atoms with van der Waals surface area (Å²) in [5.74, 6) is 0.740. The summed E-state index contributed by atoms with van der Waals surface area (Å²) in [6.07, 6.45) is 0. The van der Waals surface area contributed by atoms with Gasteiger partial charge in [0, 0.05) is 16.5 Å². The summed E-state index contributed by atoms with van der Waals surface area (Å²) in [4.78, 5) is 3.20. The van der Waals surface area contributed by atoms with E-state index in [1.807, 2.05) is 30.3 Å². The van der Waals surface area contributed by atoms with Gasteiger partial charge in [-0.25, -0.2) is 0 Å². The maximum absolute atomic E-state index is 5.91. The van der Waals surface area contributed by atoms with E-state index in [0.717, 1.165) is 16.9 Å². The molecule has 1 heterocycles. The Bertz CT molecular complexity index is 566. The summed E-state index contributed by atoms with van der Waals surface area (Å²) >= 11 is 0. The molecule has 0 fully saturated rings. The average molecular weight is 182 g/mol. The van der Waals surface area contributed by atoms with Gasteiger partial charge in [-0.15, -0.1) is 0 Å². The molecule has 14 heavy (non-hydrogen) atoms. The summed E-state index contributed by atoms with van der Waals surface area (Å²) in [7, 11) is 0. The number of nitrogen functional groups attached to an aromatic ring is 1. The predicted molar refractivity (Wildman–Crippen MR) is 59.3 cm³/mol. The summed E-state index contributed by atoms with van der Waals surface area (Å²) < 4.78 is 0. The Morgan fingerprint density at radius 3 is 2.57 bits per heavy atom. The van der Waals surface area contributed by atoms with Crippen LogP contribution in [0.2, 0.25) is 0 Å². The van der Waals surface area contributed by atoms with Crippen molar-refractivity contribution >= 4 is 16.7 Å². The Labute approximate surface area is 81.7 Å². The largest absolute Gasteiger partial charge is 0.385 e. The predicted octanol–water partition coefficient (Wildman–Crippen LogP) is 2.85. The van der Waals surface area contributed by atoms with E-state index in [4.69, 9.17) is 5.73 Å². The summed E-state index contributed by atoms with van der Waals surface area (Å²) in [5.41, 5.74) is 9.32. The second-order valence-corrected chi connectivity index (χ2v) is 3.44. The van der Waals surface area contributed by atoms with Gasteiger partial charge in [0.2, 0.25) is 0 Å². The molecule has 0 radical (unpaired) electrons. The van der Waals surface area contributed by atoms with Crippen molar-refractivity contribution in [3.05, 3.63) is 42.5 Å². The monoisotopic (exact) mass is 182 g/mol. The third-order valence-corrected chi connectivity index (χ3v) is 2.59. The van der Waals surface area contributed by atoms with Crippen molar-refractivity contribution in [2.75, 3.05) is 5.73 Å². The van der Waals surface area contributed by atoms with Crippen LogP contribution in [-0.2, 0) is 0 Å². The lowest BCUT2D eigenvalue weighted by Crippen LogP contribution is -1.94. The Morgan fingerprint density at radius 2 is 1.64 bits per heavy atom. The number of aromatic amines is 1. The van der Waals surface area contributed by atoms with Crippen molar-refractivity contribution in [3.8, 4) is 11.1 Å². The number of benzene rings is 1. The van der Waals surface area contributed by atoms with Crippen LogP contribution < -0.4 is 5.73 Å². The van der Waals surface area contributed by atoms with E-state index in [1.165, 1.54) is 10.9 Å². The highest BCUT2D eigenvalue weighted by atomic mass is 14.8. The minimum Gasteiger partial charge on any atom is -0.385 e. The van der Waals surface area contributed by atoms with Crippen LogP contribution in [-0.4, -0.2) is 4.98 Å². The number of aromatic nitrogens is 1. The number of para-hydroxylation sites is 1. The molecule has 1 aliphatic carbocycles. The lowest BCUT2D eigenvalue weighted by atomic mass is 10.1. The van der Waals surface area contributed by atoms with Gasteiger partial charge in [0.1, 0.15) is 5.82 Å². The first-order valence-corrected chi connectivity index (χ1v) is 4.61. The minimum absolute atomic E-state index is 0.740. The Morgan fingerprint density at radius 1 is 0.857 bits per heavy atom. The van der Waals surface area contributed by atoms with E-state index < -0.39 is 0 Å². The molecule has 3 N–H and O–H groups in total. The summed E-state index contributed by atoms with van der Waals surface area (Å²) in [6, 6.07) is 14.4. The van der Waals surface area contributed by atoms with Crippen molar-refractivity contribution in [1.82, 2.24) is 4.98 Å². The lowest BCUT2D eigenvalue weighted by molar-refractivity contribution is 1.42. The van der Waals surface area contributed by atoms with E-state index >= 15 is 0 Å². The third-order valence-electron chi connectivity index (χ3n) is 2.59. The van der Waals surface area contributed by atoms with Crippen molar-refractivity contribution < 1.29 is 0 Å². The van der Waals surface area contributed by atoms with Gasteiger partial charge < -0.3 is 10.7 Å². The first-order valence-electron chi connectivity index (χ1n) is 4.61. The van der Waals surface area contributed by atoms with Crippen molar-refractivity contribution in [3.63, 3.8) is 0 Å². The Hall–Kier alpha value is -1.96. The van der Waals surface area contributed by atoms with Gasteiger partial charge in [0.25, 0.3) is 0 Å². The molecule has 1 aliphatic heterocycles. The van der Waals surface area contributed by atoms with E-state index in [2.05, 4.69) is 17.1 Å². The van der Waals surface area contributed by atoms with Crippen LogP contribution >= 0.6 is 0 Å². The maximum Gasteiger partial charge on any atom is 0.109 e. The number of H-pyrrole nitrogens is 1. The van der Waals surface area contributed by atoms with Gasteiger partial charge in [-0.05, 0) is 11.6 Å². The fourth-order valence-corrected chi connectivity index (χ4v) is 1.93. The molecule has 0 spiro atoms. The second-order valence-electron chi connectivity index (χ2n) is 3.44. The second kappa shape index (κ2) is 2.51. The van der Waals surface area contributed by atoms with Crippen LogP contribution in [0.25, 0.3) is 22.0 Å². The zero-order valence-electron chi connectivity index (χ0n) is 7.62. The molecule has 2 nitrogen and oxygen atoms in total. The van der Waals surface area contributed by atoms with Gasteiger partial charge in [-0.3, -0.25) is 0 Å². The molecule has 0 saturated heterocycles.